The van der Waals surface area contributed by atoms with E-state index in [-0.39, 0.29) is 13.4 Å². The van der Waals surface area contributed by atoms with E-state index in [9.17, 15) is 0 Å². The lowest BCUT2D eigenvalue weighted by atomic mass is 9.30. The van der Waals surface area contributed by atoms with Crippen LogP contribution in [0.4, 0.5) is 45.5 Å². The van der Waals surface area contributed by atoms with Crippen LogP contribution in [0.25, 0.3) is 0 Å². The van der Waals surface area contributed by atoms with Crippen LogP contribution < -0.4 is 52.4 Å². The Morgan fingerprint density at radius 2 is 0.575 bits per heavy atom. The minimum atomic E-state index is 0.168. The third kappa shape index (κ3) is 2.46. The molecule has 0 radical (unpaired) electrons. The summed E-state index contributed by atoms with van der Waals surface area (Å²) >= 11 is 0. The molecule has 4 nitrogen and oxygen atoms in total. The summed E-state index contributed by atoms with van der Waals surface area (Å²) in [5.74, 6) is 0. The molecule has 4 aliphatic rings. The lowest BCUT2D eigenvalue weighted by Gasteiger charge is -2.50. The van der Waals surface area contributed by atoms with Crippen LogP contribution in [0.3, 0.4) is 0 Å². The van der Waals surface area contributed by atoms with Gasteiger partial charge in [-0.3, -0.25) is 0 Å². The van der Waals surface area contributed by atoms with Crippen molar-refractivity contribution in [2.24, 2.45) is 0 Å². The van der Waals surface area contributed by atoms with E-state index < -0.39 is 0 Å². The average Bonchev–Trinajstić information content (AvgIpc) is 3.00. The van der Waals surface area contributed by atoms with Gasteiger partial charge in [-0.2, -0.15) is 0 Å². The molecule has 40 heavy (non-hydrogen) atoms. The van der Waals surface area contributed by atoms with Gasteiger partial charge < -0.3 is 19.6 Å². The van der Waals surface area contributed by atoms with Crippen LogP contribution in [0.15, 0.2) is 97.1 Å². The monoisotopic (exact) mass is 514 g/mol. The summed E-state index contributed by atoms with van der Waals surface area (Å²) in [4.78, 5) is 9.85. The van der Waals surface area contributed by atoms with E-state index in [1.165, 1.54) is 78.3 Å². The standard InChI is InChI=1S/C34H28B2N4/c1-37-25-17-9-5-13-21(25)35-22-14-6-11-19-27(22)39(3)33-29(35)31(37)32-30-34(33)40(4)28-20-12-8-16-24(28)36(30)23-15-7-10-18-26(23)38(32)2/h5-20H,1-4H3. The largest absolute Gasteiger partial charge is 0.344 e. The van der Waals surface area contributed by atoms with Crippen molar-refractivity contribution in [2.75, 3.05) is 47.8 Å². The number of benzene rings is 5. The zero-order chi connectivity index (χ0) is 26.9. The molecule has 0 aliphatic carbocycles. The number of para-hydroxylation sites is 4. The number of hydrogen-bond acceptors (Lipinski definition) is 4. The second-order valence-electron chi connectivity index (χ2n) is 11.6. The summed E-state index contributed by atoms with van der Waals surface area (Å²) in [5.41, 5.74) is 18.8. The van der Waals surface area contributed by atoms with Gasteiger partial charge in [-0.1, -0.05) is 72.8 Å². The third-order valence-corrected chi connectivity index (χ3v) is 9.82. The molecule has 0 unspecified atom stereocenters. The summed E-state index contributed by atoms with van der Waals surface area (Å²) in [6.45, 7) is 0.335. The maximum atomic E-state index is 2.46. The van der Waals surface area contributed by atoms with Crippen molar-refractivity contribution in [3.63, 3.8) is 0 Å². The zero-order valence-corrected chi connectivity index (χ0v) is 23.2. The minimum Gasteiger partial charge on any atom is -0.344 e. The molecule has 5 aromatic rings. The number of nitrogens with zero attached hydrogens (tertiary/aromatic N) is 4. The minimum absolute atomic E-state index is 0.168. The Morgan fingerprint density at radius 3 is 0.825 bits per heavy atom. The molecule has 0 aromatic heterocycles. The van der Waals surface area contributed by atoms with E-state index in [4.69, 9.17) is 0 Å². The Bertz CT molecular complexity index is 1650. The van der Waals surface area contributed by atoms with Gasteiger partial charge in [0.25, 0.3) is 13.4 Å². The normalized spacial score (nSPS) is 15.2. The smallest absolute Gasteiger partial charge is 0.252 e. The van der Waals surface area contributed by atoms with Gasteiger partial charge >= 0.3 is 0 Å². The molecule has 190 valence electrons. The summed E-state index contributed by atoms with van der Waals surface area (Å²) < 4.78 is 0. The molecule has 0 N–H and O–H groups in total. The molecule has 0 saturated heterocycles. The van der Waals surface area contributed by atoms with Gasteiger partial charge in [-0.05, 0) is 57.0 Å². The number of hydrogen-bond donors (Lipinski definition) is 0. The Balaban J connectivity index is 1.50. The van der Waals surface area contributed by atoms with Crippen molar-refractivity contribution < 1.29 is 0 Å². The van der Waals surface area contributed by atoms with E-state index in [0.29, 0.717) is 0 Å². The topological polar surface area (TPSA) is 13.0 Å². The fraction of sp³-hybridized carbons (Fsp3) is 0.118. The van der Waals surface area contributed by atoms with Crippen LogP contribution in [-0.4, -0.2) is 41.6 Å². The molecule has 0 atom stereocenters. The Kier molecular flexibility index (Phi) is 4.20. The molecule has 4 heterocycles. The highest BCUT2D eigenvalue weighted by Gasteiger charge is 2.50. The molecule has 6 heteroatoms. The van der Waals surface area contributed by atoms with Gasteiger partial charge in [0.2, 0.25) is 0 Å². The molecular formula is C34H28B2N4. The van der Waals surface area contributed by atoms with Crippen LogP contribution in [0.1, 0.15) is 0 Å². The van der Waals surface area contributed by atoms with Crippen LogP contribution in [-0.2, 0) is 0 Å². The van der Waals surface area contributed by atoms with Crippen molar-refractivity contribution in [3.8, 4) is 0 Å². The van der Waals surface area contributed by atoms with E-state index >= 15 is 0 Å². The first kappa shape index (κ1) is 22.3. The van der Waals surface area contributed by atoms with Crippen LogP contribution >= 0.6 is 0 Å². The maximum absolute atomic E-state index is 2.46. The summed E-state index contributed by atoms with van der Waals surface area (Å²) in [7, 11) is 9.05. The lowest BCUT2D eigenvalue weighted by Crippen LogP contribution is -2.66. The van der Waals surface area contributed by atoms with Crippen molar-refractivity contribution in [2.45, 2.75) is 0 Å². The molecule has 0 spiro atoms. The van der Waals surface area contributed by atoms with Gasteiger partial charge in [0.15, 0.2) is 0 Å². The summed E-state index contributed by atoms with van der Waals surface area (Å²) in [5, 5.41) is 0. The first-order valence-corrected chi connectivity index (χ1v) is 14.1. The molecule has 9 rings (SSSR count). The Morgan fingerprint density at radius 1 is 0.350 bits per heavy atom. The number of anilines is 8. The SMILES string of the molecule is CN1c2ccccc2B2c3ccccc3N(C)c3c2c1c1c2c3N(C)c3ccccc3B2c2ccccc2N1C. The van der Waals surface area contributed by atoms with Crippen molar-refractivity contribution >= 4 is 91.7 Å². The number of rotatable bonds is 0. The fourth-order valence-corrected chi connectivity index (χ4v) is 8.23. The summed E-state index contributed by atoms with van der Waals surface area (Å²) in [6, 6.07) is 36.0. The predicted molar refractivity (Wildman–Crippen MR) is 174 cm³/mol. The lowest BCUT2D eigenvalue weighted by molar-refractivity contribution is 1.12. The molecule has 0 saturated carbocycles. The van der Waals surface area contributed by atoms with Crippen molar-refractivity contribution in [1.29, 1.82) is 0 Å². The molecule has 5 aromatic carbocycles. The maximum Gasteiger partial charge on any atom is 0.252 e. The third-order valence-electron chi connectivity index (χ3n) is 9.82. The molecule has 0 amide bonds. The predicted octanol–water partition coefficient (Wildman–Crippen LogP) is 3.04. The molecular weight excluding hydrogens is 486 g/mol. The van der Waals surface area contributed by atoms with Crippen LogP contribution in [0.2, 0.25) is 0 Å². The fourth-order valence-electron chi connectivity index (χ4n) is 8.23. The highest BCUT2D eigenvalue weighted by molar-refractivity contribution is 7.03. The van der Waals surface area contributed by atoms with E-state index in [1.807, 2.05) is 0 Å². The Labute approximate surface area is 236 Å². The van der Waals surface area contributed by atoms with E-state index in [0.717, 1.165) is 0 Å². The average molecular weight is 514 g/mol. The van der Waals surface area contributed by atoms with E-state index in [1.54, 1.807) is 0 Å². The highest BCUT2D eigenvalue weighted by Crippen LogP contribution is 2.49. The van der Waals surface area contributed by atoms with Crippen molar-refractivity contribution in [1.82, 2.24) is 0 Å². The quantitative estimate of drug-likeness (QED) is 0.295. The van der Waals surface area contributed by atoms with Crippen LogP contribution in [0, 0.1) is 0 Å². The van der Waals surface area contributed by atoms with E-state index in [2.05, 4.69) is 145 Å². The summed E-state index contributed by atoms with van der Waals surface area (Å²) in [6.07, 6.45) is 0. The molecule has 4 aliphatic heterocycles. The van der Waals surface area contributed by atoms with Gasteiger partial charge in [0.05, 0.1) is 22.7 Å². The second-order valence-corrected chi connectivity index (χ2v) is 11.6. The van der Waals surface area contributed by atoms with Crippen molar-refractivity contribution in [3.05, 3.63) is 97.1 Å². The molecule has 0 bridgehead atoms. The van der Waals surface area contributed by atoms with Gasteiger partial charge in [-0.25, -0.2) is 0 Å². The first-order chi connectivity index (χ1) is 19.6. The highest BCUT2D eigenvalue weighted by atomic mass is 15.2. The van der Waals surface area contributed by atoms with Gasteiger partial charge in [-0.15, -0.1) is 0 Å². The Hall–Kier alpha value is -4.57. The van der Waals surface area contributed by atoms with Crippen LogP contribution in [0.5, 0.6) is 0 Å². The van der Waals surface area contributed by atoms with Gasteiger partial charge in [0.1, 0.15) is 0 Å². The second kappa shape index (κ2) is 7.54. The zero-order valence-electron chi connectivity index (χ0n) is 23.2. The van der Waals surface area contributed by atoms with Gasteiger partial charge in [0, 0.05) is 50.9 Å². The first-order valence-electron chi connectivity index (χ1n) is 14.1. The number of fused-ring (bicyclic) bond motifs is 10. The molecule has 0 fully saturated rings.